The van der Waals surface area contributed by atoms with E-state index in [0.29, 0.717) is 23.0 Å². The molecule has 5 rings (SSSR count). The highest BCUT2D eigenvalue weighted by Gasteiger charge is 2.09. The maximum absolute atomic E-state index is 11.3. The molecular weight excluding hydrogens is 408 g/mol. The third-order valence-corrected chi connectivity index (χ3v) is 4.79. The molecule has 3 aromatic heterocycles. The molecule has 2 aromatic carbocycles. The summed E-state index contributed by atoms with van der Waals surface area (Å²) in [5.41, 5.74) is 3.22. The number of aromatic nitrogens is 5. The normalized spacial score (nSPS) is 10.9. The minimum atomic E-state index is -0.384. The number of ether oxygens (including phenoxy) is 2. The molecule has 32 heavy (non-hydrogen) atoms. The lowest BCUT2D eigenvalue weighted by atomic mass is 10.2. The average Bonchev–Trinajstić information content (AvgIpc) is 3.24. The van der Waals surface area contributed by atoms with E-state index in [4.69, 9.17) is 9.47 Å². The van der Waals surface area contributed by atoms with Gasteiger partial charge in [0.2, 0.25) is 0 Å². The first-order valence-corrected chi connectivity index (χ1v) is 9.83. The molecule has 9 nitrogen and oxygen atoms in total. The lowest BCUT2D eigenvalue weighted by Gasteiger charge is -2.13. The summed E-state index contributed by atoms with van der Waals surface area (Å²) in [5, 5.41) is 8.14. The molecule has 1 N–H and O–H groups in total. The predicted molar refractivity (Wildman–Crippen MR) is 118 cm³/mol. The van der Waals surface area contributed by atoms with Crippen LogP contribution in [-0.4, -0.2) is 30.5 Å². The summed E-state index contributed by atoms with van der Waals surface area (Å²) >= 11 is 0. The van der Waals surface area contributed by atoms with E-state index in [-0.39, 0.29) is 5.97 Å². The number of fused-ring (bicyclic) bond motifs is 2. The molecule has 0 bridgehead atoms. The van der Waals surface area contributed by atoms with E-state index in [2.05, 4.69) is 25.4 Å². The summed E-state index contributed by atoms with van der Waals surface area (Å²) in [4.78, 5) is 24.1. The van der Waals surface area contributed by atoms with Crippen LogP contribution < -0.4 is 14.8 Å². The fourth-order valence-electron chi connectivity index (χ4n) is 3.33. The Morgan fingerprint density at radius 3 is 2.72 bits per heavy atom. The van der Waals surface area contributed by atoms with Crippen LogP contribution >= 0.6 is 0 Å². The van der Waals surface area contributed by atoms with Crippen LogP contribution in [0.25, 0.3) is 16.6 Å². The van der Waals surface area contributed by atoms with Crippen LogP contribution in [0.3, 0.4) is 0 Å². The second kappa shape index (κ2) is 7.95. The zero-order valence-corrected chi connectivity index (χ0v) is 17.3. The van der Waals surface area contributed by atoms with Gasteiger partial charge in [0.15, 0.2) is 5.65 Å². The Balaban J connectivity index is 1.40. The number of carbonyl (C=O) groups excluding carboxylic acids is 1. The van der Waals surface area contributed by atoms with Gasteiger partial charge in [-0.25, -0.2) is 19.5 Å². The van der Waals surface area contributed by atoms with Crippen LogP contribution in [0.2, 0.25) is 0 Å². The van der Waals surface area contributed by atoms with Crippen molar-refractivity contribution in [2.75, 3.05) is 5.32 Å². The van der Waals surface area contributed by atoms with Crippen molar-refractivity contribution in [1.29, 1.82) is 0 Å². The van der Waals surface area contributed by atoms with Crippen LogP contribution in [0.4, 0.5) is 11.5 Å². The Bertz CT molecular complexity index is 1460. The van der Waals surface area contributed by atoms with Crippen molar-refractivity contribution >= 4 is 34.0 Å². The molecule has 0 radical (unpaired) electrons. The van der Waals surface area contributed by atoms with Crippen molar-refractivity contribution in [3.63, 3.8) is 0 Å². The van der Waals surface area contributed by atoms with Crippen LogP contribution in [0.1, 0.15) is 12.5 Å². The van der Waals surface area contributed by atoms with Crippen LogP contribution in [0, 0.1) is 6.92 Å². The lowest BCUT2D eigenvalue weighted by molar-refractivity contribution is -0.131. The molecule has 0 amide bonds. The SMILES string of the molecule is CC(=O)Oc1ccc2ncnc(Nc3ccc(Oc4ccn5ncnc5c4)c(C)c3)c2c1. The zero-order valence-electron chi connectivity index (χ0n) is 17.3. The molecule has 0 fully saturated rings. The van der Waals surface area contributed by atoms with E-state index in [1.807, 2.05) is 37.3 Å². The number of pyridine rings is 1. The van der Waals surface area contributed by atoms with Gasteiger partial charge in [-0.05, 0) is 55.0 Å². The highest BCUT2D eigenvalue weighted by atomic mass is 16.5. The Morgan fingerprint density at radius 1 is 0.969 bits per heavy atom. The van der Waals surface area contributed by atoms with E-state index in [9.17, 15) is 4.79 Å². The Morgan fingerprint density at radius 2 is 1.88 bits per heavy atom. The van der Waals surface area contributed by atoms with Gasteiger partial charge in [-0.2, -0.15) is 5.10 Å². The first kappa shape index (κ1) is 19.4. The Hall–Kier alpha value is -4.53. The first-order valence-electron chi connectivity index (χ1n) is 9.83. The van der Waals surface area contributed by atoms with Crippen LogP contribution in [-0.2, 0) is 4.79 Å². The molecule has 0 atom stereocenters. The van der Waals surface area contributed by atoms with Gasteiger partial charge in [0.1, 0.15) is 35.7 Å². The topological polar surface area (TPSA) is 104 Å². The second-order valence-corrected chi connectivity index (χ2v) is 7.13. The fraction of sp³-hybridized carbons (Fsp3) is 0.0870. The van der Waals surface area contributed by atoms with Crippen molar-refractivity contribution < 1.29 is 14.3 Å². The van der Waals surface area contributed by atoms with Gasteiger partial charge < -0.3 is 14.8 Å². The summed E-state index contributed by atoms with van der Waals surface area (Å²) in [6.45, 7) is 3.33. The summed E-state index contributed by atoms with van der Waals surface area (Å²) in [5.74, 6) is 2.06. The number of nitrogens with zero attached hydrogens (tertiary/aromatic N) is 5. The van der Waals surface area contributed by atoms with Gasteiger partial charge in [0, 0.05) is 30.3 Å². The average molecular weight is 426 g/mol. The van der Waals surface area contributed by atoms with Crippen molar-refractivity contribution in [3.05, 3.63) is 72.9 Å². The molecule has 9 heteroatoms. The number of benzene rings is 2. The van der Waals surface area contributed by atoms with Gasteiger partial charge >= 0.3 is 5.97 Å². The smallest absolute Gasteiger partial charge is 0.308 e. The first-order chi connectivity index (χ1) is 15.5. The molecule has 0 aliphatic heterocycles. The largest absolute Gasteiger partial charge is 0.457 e. The third kappa shape index (κ3) is 3.91. The summed E-state index contributed by atoms with van der Waals surface area (Å²) in [7, 11) is 0. The number of anilines is 2. The molecule has 0 unspecified atom stereocenters. The van der Waals surface area contributed by atoms with E-state index in [1.54, 1.807) is 28.9 Å². The number of esters is 1. The number of rotatable bonds is 5. The van der Waals surface area contributed by atoms with E-state index < -0.39 is 0 Å². The highest BCUT2D eigenvalue weighted by Crippen LogP contribution is 2.31. The van der Waals surface area contributed by atoms with Gasteiger partial charge in [0.25, 0.3) is 0 Å². The van der Waals surface area contributed by atoms with E-state index in [1.165, 1.54) is 19.6 Å². The molecule has 3 heterocycles. The minimum absolute atomic E-state index is 0.384. The summed E-state index contributed by atoms with van der Waals surface area (Å²) in [6.07, 6.45) is 4.78. The lowest BCUT2D eigenvalue weighted by Crippen LogP contribution is -2.02. The molecule has 0 saturated heterocycles. The van der Waals surface area contributed by atoms with Crippen molar-refractivity contribution in [2.45, 2.75) is 13.8 Å². The second-order valence-electron chi connectivity index (χ2n) is 7.13. The van der Waals surface area contributed by atoms with Crippen molar-refractivity contribution in [3.8, 4) is 17.2 Å². The molecule has 158 valence electrons. The standard InChI is InChI=1S/C23H18N6O3/c1-14-9-16(3-6-21(14)32-18-7-8-29-22(11-18)25-13-27-29)28-23-19-10-17(31-15(2)30)4-5-20(19)24-12-26-23/h3-13H,1-2H3,(H,24,26,28). The maximum atomic E-state index is 11.3. The maximum Gasteiger partial charge on any atom is 0.308 e. The zero-order chi connectivity index (χ0) is 22.1. The quantitative estimate of drug-likeness (QED) is 0.325. The fourth-order valence-corrected chi connectivity index (χ4v) is 3.33. The van der Waals surface area contributed by atoms with Crippen LogP contribution in [0.5, 0.6) is 17.2 Å². The number of hydrogen-bond donors (Lipinski definition) is 1. The number of nitrogens with one attached hydrogen (secondary N) is 1. The third-order valence-electron chi connectivity index (χ3n) is 4.79. The minimum Gasteiger partial charge on any atom is -0.457 e. The molecule has 5 aromatic rings. The molecular formula is C23H18N6O3. The molecule has 0 aliphatic carbocycles. The van der Waals surface area contributed by atoms with Gasteiger partial charge in [-0.15, -0.1) is 0 Å². The highest BCUT2D eigenvalue weighted by molar-refractivity contribution is 5.92. The van der Waals surface area contributed by atoms with Gasteiger partial charge in [0.05, 0.1) is 5.52 Å². The summed E-state index contributed by atoms with van der Waals surface area (Å²) < 4.78 is 12.9. The molecule has 0 spiro atoms. The van der Waals surface area contributed by atoms with E-state index in [0.717, 1.165) is 27.9 Å². The summed E-state index contributed by atoms with van der Waals surface area (Å²) in [6, 6.07) is 14.6. The monoisotopic (exact) mass is 426 g/mol. The number of hydrogen-bond acceptors (Lipinski definition) is 8. The Labute approximate surface area is 182 Å². The molecule has 0 aliphatic rings. The van der Waals surface area contributed by atoms with Gasteiger partial charge in [-0.1, -0.05) is 0 Å². The van der Waals surface area contributed by atoms with Crippen LogP contribution in [0.15, 0.2) is 67.4 Å². The number of carbonyl (C=O) groups is 1. The van der Waals surface area contributed by atoms with Crippen molar-refractivity contribution in [2.24, 2.45) is 0 Å². The van der Waals surface area contributed by atoms with Gasteiger partial charge in [-0.3, -0.25) is 4.79 Å². The van der Waals surface area contributed by atoms with Crippen molar-refractivity contribution in [1.82, 2.24) is 24.6 Å². The predicted octanol–water partition coefficient (Wildman–Crippen LogP) is 4.44. The Kier molecular flexibility index (Phi) is 4.83. The molecule has 0 saturated carbocycles. The number of aryl methyl sites for hydroxylation is 1. The van der Waals surface area contributed by atoms with E-state index >= 15 is 0 Å².